The second-order valence-corrected chi connectivity index (χ2v) is 3.94. The van der Waals surface area contributed by atoms with Crippen molar-refractivity contribution in [1.29, 1.82) is 0 Å². The van der Waals surface area contributed by atoms with Gasteiger partial charge in [-0.25, -0.2) is 0 Å². The van der Waals surface area contributed by atoms with E-state index in [-0.39, 0.29) is 6.61 Å². The second kappa shape index (κ2) is 6.50. The second-order valence-electron chi connectivity index (χ2n) is 3.60. The predicted molar refractivity (Wildman–Crippen MR) is 57.1 cm³/mol. The van der Waals surface area contributed by atoms with Crippen LogP contribution < -0.4 is 9.47 Å². The van der Waals surface area contributed by atoms with Crippen molar-refractivity contribution in [3.8, 4) is 12.0 Å². The highest BCUT2D eigenvalue weighted by Crippen LogP contribution is 2.36. The molecule has 0 atom stereocenters. The maximum Gasteiger partial charge on any atom is 0.434 e. The van der Waals surface area contributed by atoms with Crippen molar-refractivity contribution in [3.63, 3.8) is 0 Å². The predicted octanol–water partition coefficient (Wildman–Crippen LogP) is 3.19. The Morgan fingerprint density at radius 1 is 1.00 bits per heavy atom. The van der Waals surface area contributed by atoms with Gasteiger partial charge in [0.15, 0.2) is 0 Å². The van der Waals surface area contributed by atoms with E-state index in [2.05, 4.69) is 19.7 Å². The van der Waals surface area contributed by atoms with E-state index in [0.717, 1.165) is 0 Å². The van der Waals surface area contributed by atoms with Gasteiger partial charge < -0.3 is 9.47 Å². The molecule has 0 N–H and O–H groups in total. The summed E-state index contributed by atoms with van der Waals surface area (Å²) in [6.07, 6.45) is -15.0. The van der Waals surface area contributed by atoms with E-state index in [1.807, 2.05) is 0 Å². The molecule has 0 amide bonds. The average Bonchev–Trinajstić information content (AvgIpc) is 2.30. The summed E-state index contributed by atoms with van der Waals surface area (Å²) >= 11 is 5.36. The third kappa shape index (κ3) is 5.40. The van der Waals surface area contributed by atoms with Crippen molar-refractivity contribution in [2.45, 2.75) is 31.8 Å². The summed E-state index contributed by atoms with van der Waals surface area (Å²) < 4.78 is 82.6. The molecule has 12 heteroatoms. The minimum atomic E-state index is -5.69. The molecule has 0 bridgehead atoms. The fourth-order valence-corrected chi connectivity index (χ4v) is 1.19. The first kappa shape index (κ1) is 17.5. The Bertz CT molecular complexity index is 468. The van der Waals surface area contributed by atoms with E-state index in [9.17, 15) is 26.3 Å². The fraction of sp³-hybridized carbons (Fsp3) is 0.667. The number of hydrogen-bond acceptors (Lipinski definition) is 5. The van der Waals surface area contributed by atoms with Crippen LogP contribution in [-0.4, -0.2) is 40.0 Å². The van der Waals surface area contributed by atoms with Crippen LogP contribution in [0.2, 0.25) is 5.28 Å². The van der Waals surface area contributed by atoms with Gasteiger partial charge in [0.25, 0.3) is 6.10 Å². The van der Waals surface area contributed by atoms with Crippen LogP contribution in [0.25, 0.3) is 0 Å². The van der Waals surface area contributed by atoms with Crippen LogP contribution in [0.1, 0.15) is 13.3 Å². The monoisotopic (exact) mass is 339 g/mol. The Balaban J connectivity index is 3.01. The number of aromatic nitrogens is 3. The molecule has 1 rings (SSSR count). The lowest BCUT2D eigenvalue weighted by molar-refractivity contribution is -0.301. The van der Waals surface area contributed by atoms with Gasteiger partial charge in [-0.3, -0.25) is 0 Å². The number of hydrogen-bond donors (Lipinski definition) is 0. The Morgan fingerprint density at radius 3 is 2.00 bits per heavy atom. The molecule has 0 saturated carbocycles. The largest absolute Gasteiger partial charge is 0.463 e. The lowest BCUT2D eigenvalue weighted by Gasteiger charge is -2.22. The highest BCUT2D eigenvalue weighted by molar-refractivity contribution is 6.28. The van der Waals surface area contributed by atoms with E-state index in [1.54, 1.807) is 6.92 Å². The van der Waals surface area contributed by atoms with Crippen molar-refractivity contribution < 1.29 is 35.8 Å². The summed E-state index contributed by atoms with van der Waals surface area (Å²) in [5, 5.41) is -0.658. The van der Waals surface area contributed by atoms with Gasteiger partial charge in [-0.2, -0.15) is 36.3 Å². The molecular weight excluding hydrogens is 332 g/mol. The summed E-state index contributed by atoms with van der Waals surface area (Å²) in [6, 6.07) is -1.77. The molecule has 0 fully saturated rings. The highest BCUT2D eigenvalue weighted by Gasteiger charge is 2.59. The van der Waals surface area contributed by atoms with Crippen LogP contribution in [0.5, 0.6) is 12.0 Å². The summed E-state index contributed by atoms with van der Waals surface area (Å²) in [5.41, 5.74) is 0. The number of ether oxygens (including phenoxy) is 2. The molecule has 0 aromatic carbocycles. The number of nitrogens with zero attached hydrogens (tertiary/aromatic N) is 3. The van der Waals surface area contributed by atoms with E-state index in [1.165, 1.54) is 0 Å². The Kier molecular flexibility index (Phi) is 5.42. The number of alkyl halides is 6. The number of rotatable bonds is 5. The quantitative estimate of drug-likeness (QED) is 0.771. The summed E-state index contributed by atoms with van der Waals surface area (Å²) in [5.74, 6) is 0. The van der Waals surface area contributed by atoms with Gasteiger partial charge in [0.05, 0.1) is 6.61 Å². The fourth-order valence-electron chi connectivity index (χ4n) is 1.05. The molecule has 5 nitrogen and oxygen atoms in total. The molecule has 0 spiro atoms. The van der Waals surface area contributed by atoms with Gasteiger partial charge in [-0.1, -0.05) is 6.92 Å². The van der Waals surface area contributed by atoms with E-state index in [0.29, 0.717) is 6.42 Å². The third-order valence-electron chi connectivity index (χ3n) is 1.82. The van der Waals surface area contributed by atoms with Crippen LogP contribution in [0.3, 0.4) is 0 Å². The summed E-state index contributed by atoms with van der Waals surface area (Å²) in [4.78, 5) is 9.62. The molecule has 0 aliphatic heterocycles. The van der Waals surface area contributed by atoms with Gasteiger partial charge in [0, 0.05) is 0 Å². The highest BCUT2D eigenvalue weighted by atomic mass is 35.5. The lowest BCUT2D eigenvalue weighted by Crippen LogP contribution is -2.46. The van der Waals surface area contributed by atoms with Gasteiger partial charge in [0.2, 0.25) is 5.28 Å². The van der Waals surface area contributed by atoms with Crippen LogP contribution in [0.4, 0.5) is 26.3 Å². The minimum absolute atomic E-state index is 0.0851. The van der Waals surface area contributed by atoms with Gasteiger partial charge in [-0.05, 0) is 18.0 Å². The summed E-state index contributed by atoms with van der Waals surface area (Å²) in [6.45, 7) is 1.80. The first-order chi connectivity index (χ1) is 9.54. The van der Waals surface area contributed by atoms with E-state index >= 15 is 0 Å². The summed E-state index contributed by atoms with van der Waals surface area (Å²) in [7, 11) is 0. The standard InChI is InChI=1S/C9H8ClF6N3O2/c1-2-3-20-6-17-5(10)18-7(19-6)21-4(8(11,12)13)9(14,15)16/h4H,2-3H2,1H3. The van der Waals surface area contributed by atoms with E-state index < -0.39 is 35.8 Å². The van der Waals surface area contributed by atoms with Crippen LogP contribution >= 0.6 is 11.6 Å². The molecule has 0 radical (unpaired) electrons. The van der Waals surface area contributed by atoms with E-state index in [4.69, 9.17) is 16.3 Å². The number of halogens is 7. The van der Waals surface area contributed by atoms with Gasteiger partial charge >= 0.3 is 24.4 Å². The molecule has 0 aliphatic carbocycles. The molecule has 1 heterocycles. The zero-order chi connectivity index (χ0) is 16.3. The maximum atomic E-state index is 12.3. The maximum absolute atomic E-state index is 12.3. The normalized spacial score (nSPS) is 12.6. The van der Waals surface area contributed by atoms with Crippen LogP contribution in [0, 0.1) is 0 Å². The molecule has 1 aromatic rings. The smallest absolute Gasteiger partial charge is 0.434 e. The van der Waals surface area contributed by atoms with Crippen molar-refractivity contribution >= 4 is 11.6 Å². The minimum Gasteiger partial charge on any atom is -0.463 e. The van der Waals surface area contributed by atoms with Gasteiger partial charge in [0.1, 0.15) is 0 Å². The van der Waals surface area contributed by atoms with Crippen molar-refractivity contribution in [1.82, 2.24) is 15.0 Å². The molecule has 0 aliphatic rings. The van der Waals surface area contributed by atoms with Crippen LogP contribution in [0.15, 0.2) is 0 Å². The molecule has 21 heavy (non-hydrogen) atoms. The topological polar surface area (TPSA) is 57.1 Å². The lowest BCUT2D eigenvalue weighted by atomic mass is 10.3. The first-order valence-electron chi connectivity index (χ1n) is 5.38. The Morgan fingerprint density at radius 2 is 1.52 bits per heavy atom. The molecule has 120 valence electrons. The van der Waals surface area contributed by atoms with Gasteiger partial charge in [-0.15, -0.1) is 4.98 Å². The first-order valence-corrected chi connectivity index (χ1v) is 5.76. The SMILES string of the molecule is CCCOc1nc(Cl)nc(OC(C(F)(F)F)C(F)(F)F)n1. The average molecular weight is 340 g/mol. The zero-order valence-electron chi connectivity index (χ0n) is 10.3. The van der Waals surface area contributed by atoms with Crippen molar-refractivity contribution in [2.24, 2.45) is 0 Å². The Hall–Kier alpha value is -1.52. The van der Waals surface area contributed by atoms with Crippen LogP contribution in [-0.2, 0) is 0 Å². The molecule has 1 aromatic heterocycles. The Labute approximate surface area is 119 Å². The van der Waals surface area contributed by atoms with Crippen molar-refractivity contribution in [2.75, 3.05) is 6.61 Å². The third-order valence-corrected chi connectivity index (χ3v) is 1.99. The molecule has 0 unspecified atom stereocenters. The molecule has 0 saturated heterocycles. The molecular formula is C9H8ClF6N3O2. The van der Waals surface area contributed by atoms with Crippen molar-refractivity contribution in [3.05, 3.63) is 5.28 Å². The zero-order valence-corrected chi connectivity index (χ0v) is 11.1.